The maximum atomic E-state index is 16.5. The van der Waals surface area contributed by atoms with Gasteiger partial charge in [0, 0.05) is 49.2 Å². The SMILES string of the molecule is CCC1(N)CN(c2nc(N3C[C@H]4CC[C@@H](C3)N4)c3ccc(-c4cc(O)cc5ccccc45)c(F)c3n2)C1. The number of aromatic hydroxyl groups is 1. The number of anilines is 2. The zero-order chi connectivity index (χ0) is 25.3. The maximum absolute atomic E-state index is 16.5. The van der Waals surface area contributed by atoms with Crippen LogP contribution < -0.4 is 20.9 Å². The van der Waals surface area contributed by atoms with Crippen molar-refractivity contribution in [1.29, 1.82) is 0 Å². The molecule has 4 heterocycles. The topological polar surface area (TPSA) is 90.5 Å². The van der Waals surface area contributed by atoms with E-state index >= 15 is 4.39 Å². The molecule has 3 fully saturated rings. The van der Waals surface area contributed by atoms with E-state index in [0.717, 1.165) is 48.9 Å². The summed E-state index contributed by atoms with van der Waals surface area (Å²) in [5.41, 5.74) is 7.57. The molecule has 1 aromatic heterocycles. The first-order valence-electron chi connectivity index (χ1n) is 13.2. The molecule has 3 aliphatic rings. The molecule has 190 valence electrons. The molecule has 0 spiro atoms. The summed E-state index contributed by atoms with van der Waals surface area (Å²) in [4.78, 5) is 14.1. The molecule has 0 saturated carbocycles. The number of phenolic OH excluding ortho intramolecular Hbond substituents is 1. The second-order valence-corrected chi connectivity index (χ2v) is 11.0. The third-order valence-corrected chi connectivity index (χ3v) is 8.43. The second kappa shape index (κ2) is 8.26. The third kappa shape index (κ3) is 3.69. The van der Waals surface area contributed by atoms with E-state index in [2.05, 4.69) is 22.0 Å². The van der Waals surface area contributed by atoms with Crippen LogP contribution in [0.25, 0.3) is 32.8 Å². The van der Waals surface area contributed by atoms with Crippen LogP contribution in [0.3, 0.4) is 0 Å². The molecule has 0 aliphatic carbocycles. The van der Waals surface area contributed by atoms with E-state index in [4.69, 9.17) is 15.7 Å². The van der Waals surface area contributed by atoms with Crippen LogP contribution in [0.4, 0.5) is 16.2 Å². The molecule has 0 radical (unpaired) electrons. The maximum Gasteiger partial charge on any atom is 0.228 e. The van der Waals surface area contributed by atoms with Crippen LogP contribution in [0.2, 0.25) is 0 Å². The van der Waals surface area contributed by atoms with Crippen molar-refractivity contribution < 1.29 is 9.50 Å². The smallest absolute Gasteiger partial charge is 0.228 e. The predicted octanol–water partition coefficient (Wildman–Crippen LogP) is 4.16. The van der Waals surface area contributed by atoms with Gasteiger partial charge >= 0.3 is 0 Å². The fraction of sp³-hybridized carbons (Fsp3) is 0.379. The Morgan fingerprint density at radius 3 is 2.51 bits per heavy atom. The lowest BCUT2D eigenvalue weighted by molar-refractivity contribution is 0.318. The lowest BCUT2D eigenvalue weighted by Gasteiger charge is -2.47. The number of benzene rings is 3. The lowest BCUT2D eigenvalue weighted by atomic mass is 9.89. The van der Waals surface area contributed by atoms with E-state index in [1.807, 2.05) is 30.3 Å². The van der Waals surface area contributed by atoms with Gasteiger partial charge in [-0.15, -0.1) is 0 Å². The van der Waals surface area contributed by atoms with Gasteiger partial charge in [0.1, 0.15) is 17.1 Å². The Morgan fingerprint density at radius 2 is 1.76 bits per heavy atom. The molecular formula is C29H31FN6O. The van der Waals surface area contributed by atoms with Crippen LogP contribution in [-0.4, -0.2) is 58.9 Å². The van der Waals surface area contributed by atoms with Crippen LogP contribution in [0.1, 0.15) is 26.2 Å². The minimum atomic E-state index is -0.397. The van der Waals surface area contributed by atoms with Gasteiger partial charge in [-0.1, -0.05) is 37.3 Å². The molecule has 3 aromatic carbocycles. The Morgan fingerprint density at radius 1 is 1.00 bits per heavy atom. The highest BCUT2D eigenvalue weighted by Gasteiger charge is 2.40. The highest BCUT2D eigenvalue weighted by molar-refractivity contribution is 6.01. The van der Waals surface area contributed by atoms with Gasteiger partial charge in [-0.25, -0.2) is 9.37 Å². The third-order valence-electron chi connectivity index (χ3n) is 8.43. The first kappa shape index (κ1) is 22.7. The first-order valence-corrected chi connectivity index (χ1v) is 13.2. The molecule has 37 heavy (non-hydrogen) atoms. The van der Waals surface area contributed by atoms with Gasteiger partial charge in [-0.3, -0.25) is 0 Å². The van der Waals surface area contributed by atoms with E-state index in [1.165, 1.54) is 0 Å². The Balaban J connectivity index is 1.41. The number of halogens is 1. The van der Waals surface area contributed by atoms with Crippen molar-refractivity contribution in [3.63, 3.8) is 0 Å². The standard InChI is InChI=1S/C29H31FN6O/c1-2-29(31)15-36(16-29)28-33-26-23(27(34-28)35-13-18-7-8-19(14-35)32-18)10-9-22(25(26)30)24-12-20(37)11-17-5-3-4-6-21(17)24/h3-6,9-12,18-19,32,37H,2,7-8,13-16,31H2,1H3/t18-,19+. The Labute approximate surface area is 215 Å². The van der Waals surface area contributed by atoms with Crippen LogP contribution in [-0.2, 0) is 0 Å². The fourth-order valence-corrected chi connectivity index (χ4v) is 6.29. The fourth-order valence-electron chi connectivity index (χ4n) is 6.29. The van der Waals surface area contributed by atoms with Crippen molar-refractivity contribution in [1.82, 2.24) is 15.3 Å². The van der Waals surface area contributed by atoms with Crippen molar-refractivity contribution in [2.45, 2.75) is 43.8 Å². The number of nitrogens with zero attached hydrogens (tertiary/aromatic N) is 4. The zero-order valence-corrected chi connectivity index (χ0v) is 20.9. The second-order valence-electron chi connectivity index (χ2n) is 11.0. The van der Waals surface area contributed by atoms with Gasteiger partial charge in [0.2, 0.25) is 5.95 Å². The van der Waals surface area contributed by atoms with Gasteiger partial charge in [0.05, 0.1) is 5.54 Å². The molecule has 7 rings (SSSR count). The van der Waals surface area contributed by atoms with Gasteiger partial charge in [-0.2, -0.15) is 4.98 Å². The Kier molecular flexibility index (Phi) is 5.07. The summed E-state index contributed by atoms with van der Waals surface area (Å²) >= 11 is 0. The van der Waals surface area contributed by atoms with E-state index in [-0.39, 0.29) is 11.3 Å². The normalized spacial score (nSPS) is 22.6. The van der Waals surface area contributed by atoms with E-state index in [9.17, 15) is 5.11 Å². The summed E-state index contributed by atoms with van der Waals surface area (Å²) in [5, 5.41) is 16.5. The molecule has 0 unspecified atom stereocenters. The molecule has 7 nitrogen and oxygen atoms in total. The molecule has 8 heteroatoms. The van der Waals surface area contributed by atoms with Crippen LogP contribution in [0, 0.1) is 5.82 Å². The Bertz CT molecular complexity index is 1520. The van der Waals surface area contributed by atoms with Gasteiger partial charge in [0.15, 0.2) is 5.82 Å². The summed E-state index contributed by atoms with van der Waals surface area (Å²) in [6, 6.07) is 15.6. The van der Waals surface area contributed by atoms with Crippen molar-refractivity contribution in [2.24, 2.45) is 5.73 Å². The number of fused-ring (bicyclic) bond motifs is 4. The number of hydrogen-bond donors (Lipinski definition) is 3. The summed E-state index contributed by atoms with van der Waals surface area (Å²) < 4.78 is 16.5. The number of nitrogens with two attached hydrogens (primary N) is 1. The van der Waals surface area contributed by atoms with Crippen molar-refractivity contribution in [3.8, 4) is 16.9 Å². The van der Waals surface area contributed by atoms with Crippen molar-refractivity contribution in [2.75, 3.05) is 36.0 Å². The average Bonchev–Trinajstić information content (AvgIpc) is 3.23. The lowest BCUT2D eigenvalue weighted by Crippen LogP contribution is -2.67. The highest BCUT2D eigenvalue weighted by Crippen LogP contribution is 2.39. The van der Waals surface area contributed by atoms with E-state index in [1.54, 1.807) is 18.2 Å². The minimum Gasteiger partial charge on any atom is -0.508 e. The van der Waals surface area contributed by atoms with Crippen LogP contribution >= 0.6 is 0 Å². The molecule has 2 atom stereocenters. The monoisotopic (exact) mass is 498 g/mol. The van der Waals surface area contributed by atoms with E-state index in [0.29, 0.717) is 53.2 Å². The zero-order valence-electron chi connectivity index (χ0n) is 20.9. The van der Waals surface area contributed by atoms with Crippen molar-refractivity contribution >= 4 is 33.4 Å². The summed E-state index contributed by atoms with van der Waals surface area (Å²) in [7, 11) is 0. The number of nitrogens with one attached hydrogen (secondary N) is 1. The molecular weight excluding hydrogens is 467 g/mol. The van der Waals surface area contributed by atoms with Gasteiger partial charge in [0.25, 0.3) is 0 Å². The summed E-state index contributed by atoms with van der Waals surface area (Å²) in [5.74, 6) is 1.02. The van der Waals surface area contributed by atoms with Crippen molar-refractivity contribution in [3.05, 3.63) is 54.3 Å². The number of piperazine rings is 1. The van der Waals surface area contributed by atoms with Gasteiger partial charge < -0.3 is 26.0 Å². The molecule has 4 N–H and O–H groups in total. The molecule has 0 amide bonds. The van der Waals surface area contributed by atoms with Gasteiger partial charge in [-0.05, 0) is 53.8 Å². The molecule has 3 aliphatic heterocycles. The molecule has 2 bridgehead atoms. The van der Waals surface area contributed by atoms with Crippen LogP contribution in [0.15, 0.2) is 48.5 Å². The highest BCUT2D eigenvalue weighted by atomic mass is 19.1. The number of rotatable bonds is 4. The number of hydrogen-bond acceptors (Lipinski definition) is 7. The summed E-state index contributed by atoms with van der Waals surface area (Å²) in [6.07, 6.45) is 3.17. The number of aromatic nitrogens is 2. The van der Waals surface area contributed by atoms with E-state index < -0.39 is 5.82 Å². The first-order chi connectivity index (χ1) is 17.9. The van der Waals surface area contributed by atoms with Crippen LogP contribution in [0.5, 0.6) is 5.75 Å². The number of phenols is 1. The molecule has 4 aromatic rings. The quantitative estimate of drug-likeness (QED) is 0.389. The Hall–Kier alpha value is -3.49. The summed E-state index contributed by atoms with van der Waals surface area (Å²) in [6.45, 7) is 5.09. The average molecular weight is 499 g/mol. The largest absolute Gasteiger partial charge is 0.508 e. The predicted molar refractivity (Wildman–Crippen MR) is 146 cm³/mol. The molecule has 3 saturated heterocycles. The minimum absolute atomic E-state index is 0.105.